The van der Waals surface area contributed by atoms with Crippen LogP contribution in [0.3, 0.4) is 0 Å². The van der Waals surface area contributed by atoms with Gasteiger partial charge < -0.3 is 0 Å². The van der Waals surface area contributed by atoms with Gasteiger partial charge in [-0.05, 0) is 19.4 Å². The smallest absolute Gasteiger partial charge is 0.291 e. The molecule has 0 aromatic carbocycles. The van der Waals surface area contributed by atoms with Crippen molar-refractivity contribution in [2.24, 2.45) is 0 Å². The Balaban J connectivity index is 2.96. The third-order valence-electron chi connectivity index (χ3n) is 2.15. The first-order valence-electron chi connectivity index (χ1n) is 4.00. The van der Waals surface area contributed by atoms with Gasteiger partial charge in [0.05, 0.1) is 5.39 Å². The molecule has 0 atom stereocenters. The van der Waals surface area contributed by atoms with E-state index >= 15 is 0 Å². The average Bonchev–Trinajstić information content (AvgIpc) is 2.41. The van der Waals surface area contributed by atoms with Gasteiger partial charge in [-0.25, -0.2) is 4.79 Å². The molecule has 14 heavy (non-hydrogen) atoms. The summed E-state index contributed by atoms with van der Waals surface area (Å²) in [6.45, 7) is 3.97. The Kier molecular flexibility index (Phi) is 2.20. The zero-order chi connectivity index (χ0) is 10.3. The predicted octanol–water partition coefficient (Wildman–Crippen LogP) is 2.17. The molecular weight excluding hydrogens is 222 g/mol. The summed E-state index contributed by atoms with van der Waals surface area (Å²) in [5, 5.41) is 0.891. The van der Waals surface area contributed by atoms with E-state index in [0.29, 0.717) is 10.6 Å². The molecule has 0 amide bonds. The third kappa shape index (κ3) is 1.29. The standard InChI is InChI=1S/C8H8ClN3OS/c1-3-4(2)14-7-5(3)6(12-9)10-8(13)11-7/h1-2H3,(H2,10,11,12,13). The van der Waals surface area contributed by atoms with Crippen LogP contribution in [0.1, 0.15) is 10.4 Å². The van der Waals surface area contributed by atoms with Crippen molar-refractivity contribution < 1.29 is 0 Å². The number of thiophene rings is 1. The first-order valence-corrected chi connectivity index (χ1v) is 5.19. The van der Waals surface area contributed by atoms with Crippen LogP contribution in [0.15, 0.2) is 4.79 Å². The topological polar surface area (TPSA) is 57.8 Å². The highest BCUT2D eigenvalue weighted by Crippen LogP contribution is 2.31. The number of halogens is 1. The number of aryl methyl sites for hydroxylation is 2. The van der Waals surface area contributed by atoms with Crippen LogP contribution in [0.2, 0.25) is 0 Å². The number of nitrogens with zero attached hydrogens (tertiary/aromatic N) is 1. The van der Waals surface area contributed by atoms with Crippen molar-refractivity contribution in [2.75, 3.05) is 4.84 Å². The van der Waals surface area contributed by atoms with E-state index in [1.807, 2.05) is 13.8 Å². The molecule has 4 nitrogen and oxygen atoms in total. The minimum atomic E-state index is -0.387. The van der Waals surface area contributed by atoms with Crippen LogP contribution in [-0.4, -0.2) is 9.97 Å². The van der Waals surface area contributed by atoms with Gasteiger partial charge >= 0.3 is 5.69 Å². The Morgan fingerprint density at radius 1 is 1.50 bits per heavy atom. The Morgan fingerprint density at radius 3 is 2.86 bits per heavy atom. The fourth-order valence-electron chi connectivity index (χ4n) is 1.34. The summed E-state index contributed by atoms with van der Waals surface area (Å²) in [5.41, 5.74) is 0.707. The normalized spacial score (nSPS) is 10.8. The van der Waals surface area contributed by atoms with Gasteiger partial charge in [0.1, 0.15) is 10.6 Å². The Bertz CT molecular complexity index is 545. The first kappa shape index (κ1) is 9.48. The summed E-state index contributed by atoms with van der Waals surface area (Å²) >= 11 is 7.01. The lowest BCUT2D eigenvalue weighted by atomic mass is 10.2. The quantitative estimate of drug-likeness (QED) is 0.737. The van der Waals surface area contributed by atoms with Gasteiger partial charge in [-0.1, -0.05) is 0 Å². The lowest BCUT2D eigenvalue weighted by Crippen LogP contribution is -2.10. The van der Waals surface area contributed by atoms with E-state index in [-0.39, 0.29) is 5.69 Å². The third-order valence-corrected chi connectivity index (χ3v) is 3.44. The number of hydrogen-bond acceptors (Lipinski definition) is 4. The van der Waals surface area contributed by atoms with E-state index in [4.69, 9.17) is 11.8 Å². The molecule has 0 aliphatic carbocycles. The summed E-state index contributed by atoms with van der Waals surface area (Å²) in [6, 6.07) is 0. The summed E-state index contributed by atoms with van der Waals surface area (Å²) in [6.07, 6.45) is 0. The van der Waals surface area contributed by atoms with Crippen LogP contribution >= 0.6 is 23.1 Å². The van der Waals surface area contributed by atoms with Crippen LogP contribution < -0.4 is 10.5 Å². The largest absolute Gasteiger partial charge is 0.347 e. The van der Waals surface area contributed by atoms with E-state index in [9.17, 15) is 4.79 Å². The second-order valence-electron chi connectivity index (χ2n) is 2.97. The summed E-state index contributed by atoms with van der Waals surface area (Å²) in [7, 11) is 0. The Morgan fingerprint density at radius 2 is 2.21 bits per heavy atom. The van der Waals surface area contributed by atoms with Gasteiger partial charge in [-0.2, -0.15) is 4.98 Å². The van der Waals surface area contributed by atoms with Crippen LogP contribution in [0.4, 0.5) is 5.82 Å². The molecule has 0 spiro atoms. The second-order valence-corrected chi connectivity index (χ2v) is 4.37. The number of rotatable bonds is 1. The molecule has 0 aliphatic rings. The molecule has 2 aromatic heterocycles. The number of aromatic amines is 1. The summed E-state index contributed by atoms with van der Waals surface area (Å²) < 4.78 is 0. The monoisotopic (exact) mass is 229 g/mol. The highest BCUT2D eigenvalue weighted by molar-refractivity contribution is 7.18. The van der Waals surface area contributed by atoms with Crippen molar-refractivity contribution in [1.29, 1.82) is 0 Å². The first-order chi connectivity index (χ1) is 6.63. The number of fused-ring (bicyclic) bond motifs is 1. The Hall–Kier alpha value is -1.07. The molecule has 0 bridgehead atoms. The van der Waals surface area contributed by atoms with Crippen molar-refractivity contribution in [1.82, 2.24) is 9.97 Å². The highest BCUT2D eigenvalue weighted by Gasteiger charge is 2.11. The van der Waals surface area contributed by atoms with Crippen molar-refractivity contribution in [3.05, 3.63) is 20.9 Å². The van der Waals surface area contributed by atoms with E-state index in [1.165, 1.54) is 11.3 Å². The molecule has 2 N–H and O–H groups in total. The van der Waals surface area contributed by atoms with Gasteiger partial charge in [0.15, 0.2) is 0 Å². The van der Waals surface area contributed by atoms with E-state index < -0.39 is 0 Å². The minimum Gasteiger partial charge on any atom is -0.291 e. The molecule has 6 heteroatoms. The molecule has 0 unspecified atom stereocenters. The zero-order valence-electron chi connectivity index (χ0n) is 7.64. The number of nitrogens with one attached hydrogen (secondary N) is 2. The van der Waals surface area contributed by atoms with Gasteiger partial charge in [0.2, 0.25) is 0 Å². The predicted molar refractivity (Wildman–Crippen MR) is 59.2 cm³/mol. The van der Waals surface area contributed by atoms with E-state index in [0.717, 1.165) is 15.8 Å². The van der Waals surface area contributed by atoms with Crippen molar-refractivity contribution in [3.8, 4) is 0 Å². The molecule has 2 heterocycles. The maximum absolute atomic E-state index is 11.1. The van der Waals surface area contributed by atoms with Gasteiger partial charge in [0, 0.05) is 16.7 Å². The molecule has 0 radical (unpaired) electrons. The van der Waals surface area contributed by atoms with Gasteiger partial charge in [0.25, 0.3) is 0 Å². The molecule has 2 aromatic rings. The van der Waals surface area contributed by atoms with Crippen LogP contribution in [-0.2, 0) is 0 Å². The lowest BCUT2D eigenvalue weighted by Gasteiger charge is -1.99. The zero-order valence-corrected chi connectivity index (χ0v) is 9.21. The van der Waals surface area contributed by atoms with Gasteiger partial charge in [-0.3, -0.25) is 9.82 Å². The molecule has 0 saturated carbocycles. The van der Waals surface area contributed by atoms with Gasteiger partial charge in [-0.15, -0.1) is 11.3 Å². The molecule has 2 rings (SSSR count). The van der Waals surface area contributed by atoms with E-state index in [2.05, 4.69) is 14.8 Å². The van der Waals surface area contributed by atoms with Crippen LogP contribution in [0.5, 0.6) is 0 Å². The fraction of sp³-hybridized carbons (Fsp3) is 0.250. The van der Waals surface area contributed by atoms with Crippen molar-refractivity contribution >= 4 is 39.1 Å². The maximum Gasteiger partial charge on any atom is 0.347 e. The highest BCUT2D eigenvalue weighted by atomic mass is 35.5. The molecule has 0 fully saturated rings. The number of H-pyrrole nitrogens is 1. The molecule has 0 saturated heterocycles. The Labute approximate surface area is 89.0 Å². The molecule has 0 aliphatic heterocycles. The minimum absolute atomic E-state index is 0.387. The van der Waals surface area contributed by atoms with E-state index in [1.54, 1.807) is 0 Å². The van der Waals surface area contributed by atoms with Crippen LogP contribution in [0.25, 0.3) is 10.2 Å². The second kappa shape index (κ2) is 3.25. The maximum atomic E-state index is 11.1. The molecule has 74 valence electrons. The summed E-state index contributed by atoms with van der Waals surface area (Å²) in [5.74, 6) is 0.517. The van der Waals surface area contributed by atoms with Crippen molar-refractivity contribution in [2.45, 2.75) is 13.8 Å². The van der Waals surface area contributed by atoms with Crippen molar-refractivity contribution in [3.63, 3.8) is 0 Å². The summed E-state index contributed by atoms with van der Waals surface area (Å²) in [4.78, 5) is 21.9. The number of hydrogen-bond donors (Lipinski definition) is 2. The number of aromatic nitrogens is 2. The molecular formula is C8H8ClN3OS. The number of anilines is 1. The SMILES string of the molecule is Cc1sc2nc(=O)[nH]c(NCl)c2c1C. The lowest BCUT2D eigenvalue weighted by molar-refractivity contribution is 1.13. The average molecular weight is 230 g/mol. The fourth-order valence-corrected chi connectivity index (χ4v) is 2.52. The van der Waals surface area contributed by atoms with Crippen LogP contribution in [0, 0.1) is 13.8 Å².